The highest BCUT2D eigenvalue weighted by Crippen LogP contribution is 2.60. The highest BCUT2D eigenvalue weighted by molar-refractivity contribution is 5.84. The molecule has 1 aromatic rings. The number of hydrogen-bond acceptors (Lipinski definition) is 2. The Kier molecular flexibility index (Phi) is 9.52. The van der Waals surface area contributed by atoms with Crippen LogP contribution in [0.5, 0.6) is 5.75 Å². The normalized spacial score (nSPS) is 24.5. The summed E-state index contributed by atoms with van der Waals surface area (Å²) in [5.41, 5.74) is 0.629. The van der Waals surface area contributed by atoms with Crippen molar-refractivity contribution in [3.8, 4) is 5.75 Å². The second-order valence-electron chi connectivity index (χ2n) is 10.5. The van der Waals surface area contributed by atoms with Crippen molar-refractivity contribution in [1.29, 1.82) is 0 Å². The fourth-order valence-electron chi connectivity index (χ4n) is 6.00. The predicted octanol–water partition coefficient (Wildman–Crippen LogP) is 8.96. The van der Waals surface area contributed by atoms with Crippen LogP contribution in [-0.2, 0) is 10.2 Å². The van der Waals surface area contributed by atoms with Crippen LogP contribution < -0.4 is 4.74 Å². The van der Waals surface area contributed by atoms with E-state index in [4.69, 9.17) is 4.74 Å². The van der Waals surface area contributed by atoms with Gasteiger partial charge < -0.3 is 4.74 Å². The molecule has 33 heavy (non-hydrogen) atoms. The third-order valence-electron chi connectivity index (χ3n) is 8.27. The van der Waals surface area contributed by atoms with Gasteiger partial charge in [0, 0.05) is 6.08 Å². The Morgan fingerprint density at radius 1 is 0.879 bits per heavy atom. The van der Waals surface area contributed by atoms with E-state index in [0.29, 0.717) is 11.0 Å². The Labute approximate surface area is 199 Å². The zero-order chi connectivity index (χ0) is 23.7. The monoisotopic (exact) mass is 460 g/mol. The van der Waals surface area contributed by atoms with Crippen LogP contribution >= 0.6 is 0 Å². The Morgan fingerprint density at radius 2 is 1.52 bits per heavy atom. The second kappa shape index (κ2) is 12.1. The molecule has 0 saturated heterocycles. The van der Waals surface area contributed by atoms with Gasteiger partial charge in [0.25, 0.3) is 0 Å². The molecular weight excluding hydrogens is 418 g/mol. The van der Waals surface area contributed by atoms with Crippen LogP contribution in [-0.4, -0.2) is 5.97 Å². The molecule has 0 radical (unpaired) electrons. The summed E-state index contributed by atoms with van der Waals surface area (Å²) in [6.45, 7) is 4.36. The van der Waals surface area contributed by atoms with Gasteiger partial charge in [0.1, 0.15) is 0 Å². The zero-order valence-corrected chi connectivity index (χ0v) is 20.7. The summed E-state index contributed by atoms with van der Waals surface area (Å²) >= 11 is 0. The molecule has 4 heteroatoms. The van der Waals surface area contributed by atoms with Crippen LogP contribution in [0.25, 0.3) is 0 Å². The fourth-order valence-corrected chi connectivity index (χ4v) is 6.00. The standard InChI is InChI=1S/C29H42F2O2/c1-3-5-7-9-11-13-25(32)33-24-15-14-23(26(30)27(24)31)29-20-17-28(18-21-29,19-22-29)16-12-10-8-6-4-2/h11,13-15H,3-10,12,16-22H2,1-2H3/b13-11+. The van der Waals surface area contributed by atoms with Gasteiger partial charge >= 0.3 is 5.97 Å². The van der Waals surface area contributed by atoms with Gasteiger partial charge in [-0.15, -0.1) is 0 Å². The maximum atomic E-state index is 15.2. The lowest BCUT2D eigenvalue weighted by Crippen LogP contribution is -2.44. The minimum absolute atomic E-state index is 0.267. The summed E-state index contributed by atoms with van der Waals surface area (Å²) < 4.78 is 35.1. The molecule has 3 saturated carbocycles. The molecule has 1 aromatic carbocycles. The SMILES string of the molecule is CCCCC/C=C/C(=O)Oc1ccc(C23CCC(CCCCCCC)(CC2)CC3)c(F)c1F. The lowest BCUT2D eigenvalue weighted by atomic mass is 9.51. The predicted molar refractivity (Wildman–Crippen MR) is 130 cm³/mol. The van der Waals surface area contributed by atoms with E-state index < -0.39 is 17.6 Å². The van der Waals surface area contributed by atoms with E-state index in [1.54, 1.807) is 12.1 Å². The van der Waals surface area contributed by atoms with Gasteiger partial charge in [-0.05, 0) is 80.2 Å². The molecule has 0 unspecified atom stereocenters. The van der Waals surface area contributed by atoms with Gasteiger partial charge in [0.2, 0.25) is 5.82 Å². The number of unbranched alkanes of at least 4 members (excludes halogenated alkanes) is 7. The molecule has 0 aromatic heterocycles. The Hall–Kier alpha value is -1.71. The zero-order valence-electron chi connectivity index (χ0n) is 20.7. The lowest BCUT2D eigenvalue weighted by molar-refractivity contribution is -0.129. The summed E-state index contributed by atoms with van der Waals surface area (Å²) in [6.07, 6.45) is 21.0. The minimum atomic E-state index is -1.03. The van der Waals surface area contributed by atoms with Gasteiger partial charge in [-0.2, -0.15) is 4.39 Å². The maximum absolute atomic E-state index is 15.2. The number of rotatable bonds is 13. The number of esters is 1. The van der Waals surface area contributed by atoms with E-state index in [-0.39, 0.29) is 11.2 Å². The van der Waals surface area contributed by atoms with E-state index in [0.717, 1.165) is 64.2 Å². The number of ether oxygens (including phenoxy) is 1. The lowest BCUT2D eigenvalue weighted by Gasteiger charge is -2.54. The molecule has 2 nitrogen and oxygen atoms in total. The van der Waals surface area contributed by atoms with Gasteiger partial charge in [-0.25, -0.2) is 9.18 Å². The molecule has 3 aliphatic rings. The Balaban J connectivity index is 1.59. The fraction of sp³-hybridized carbons (Fsp3) is 0.690. The molecule has 0 heterocycles. The van der Waals surface area contributed by atoms with Gasteiger partial charge in [-0.1, -0.05) is 70.9 Å². The molecule has 3 fully saturated rings. The highest BCUT2D eigenvalue weighted by atomic mass is 19.2. The summed E-state index contributed by atoms with van der Waals surface area (Å²) in [7, 11) is 0. The minimum Gasteiger partial charge on any atom is -0.420 e. The van der Waals surface area contributed by atoms with Gasteiger partial charge in [0.05, 0.1) is 0 Å². The largest absolute Gasteiger partial charge is 0.420 e. The van der Waals surface area contributed by atoms with Crippen molar-refractivity contribution in [3.05, 3.63) is 41.5 Å². The molecule has 0 spiro atoms. The first-order chi connectivity index (χ1) is 16.0. The highest BCUT2D eigenvalue weighted by Gasteiger charge is 2.50. The van der Waals surface area contributed by atoms with E-state index in [2.05, 4.69) is 13.8 Å². The van der Waals surface area contributed by atoms with Crippen molar-refractivity contribution >= 4 is 5.97 Å². The third kappa shape index (κ3) is 6.45. The van der Waals surface area contributed by atoms with E-state index >= 15 is 4.39 Å². The van der Waals surface area contributed by atoms with E-state index in [1.165, 1.54) is 50.7 Å². The molecule has 4 rings (SSSR count). The van der Waals surface area contributed by atoms with Crippen molar-refractivity contribution in [1.82, 2.24) is 0 Å². The number of carbonyl (C=O) groups is 1. The molecular formula is C29H42F2O2. The first-order valence-electron chi connectivity index (χ1n) is 13.3. The summed E-state index contributed by atoms with van der Waals surface area (Å²) in [4.78, 5) is 12.0. The van der Waals surface area contributed by atoms with Crippen molar-refractivity contribution < 1.29 is 18.3 Å². The van der Waals surface area contributed by atoms with Crippen molar-refractivity contribution in [2.75, 3.05) is 0 Å². The van der Waals surface area contributed by atoms with Crippen molar-refractivity contribution in [2.45, 2.75) is 122 Å². The first-order valence-corrected chi connectivity index (χ1v) is 13.3. The van der Waals surface area contributed by atoms with Crippen LogP contribution in [0.3, 0.4) is 0 Å². The summed E-state index contributed by atoms with van der Waals surface area (Å²) in [5, 5.41) is 0. The average molecular weight is 461 g/mol. The molecule has 2 bridgehead atoms. The third-order valence-corrected chi connectivity index (χ3v) is 8.27. The molecule has 0 aliphatic heterocycles. The molecule has 3 aliphatic carbocycles. The number of benzene rings is 1. The van der Waals surface area contributed by atoms with E-state index in [1.807, 2.05) is 0 Å². The average Bonchev–Trinajstić information content (AvgIpc) is 2.83. The molecule has 0 atom stereocenters. The molecule has 0 N–H and O–H groups in total. The van der Waals surface area contributed by atoms with E-state index in [9.17, 15) is 9.18 Å². The van der Waals surface area contributed by atoms with Gasteiger partial charge in [0.15, 0.2) is 11.6 Å². The first kappa shape index (κ1) is 25.9. The summed E-state index contributed by atoms with van der Waals surface area (Å²) in [6, 6.07) is 3.10. The Bertz CT molecular complexity index is 790. The van der Waals surface area contributed by atoms with Crippen LogP contribution in [0.15, 0.2) is 24.3 Å². The number of halogens is 2. The number of fused-ring (bicyclic) bond motifs is 3. The number of allylic oxidation sites excluding steroid dienone is 1. The van der Waals surface area contributed by atoms with Crippen molar-refractivity contribution in [2.24, 2.45) is 5.41 Å². The van der Waals surface area contributed by atoms with Gasteiger partial charge in [-0.3, -0.25) is 0 Å². The molecule has 184 valence electrons. The maximum Gasteiger partial charge on any atom is 0.335 e. The van der Waals surface area contributed by atoms with Crippen LogP contribution in [0.1, 0.15) is 122 Å². The quantitative estimate of drug-likeness (QED) is 0.127. The number of carbonyl (C=O) groups excluding carboxylic acids is 1. The Morgan fingerprint density at radius 3 is 2.18 bits per heavy atom. The second-order valence-corrected chi connectivity index (χ2v) is 10.5. The van der Waals surface area contributed by atoms with Crippen LogP contribution in [0.2, 0.25) is 0 Å². The summed E-state index contributed by atoms with van der Waals surface area (Å²) in [5.74, 6) is -2.84. The van der Waals surface area contributed by atoms with Crippen LogP contribution in [0.4, 0.5) is 8.78 Å². The number of hydrogen-bond donors (Lipinski definition) is 0. The molecule has 0 amide bonds. The van der Waals surface area contributed by atoms with Crippen LogP contribution in [0, 0.1) is 17.0 Å². The topological polar surface area (TPSA) is 26.3 Å². The van der Waals surface area contributed by atoms with Crippen molar-refractivity contribution in [3.63, 3.8) is 0 Å². The smallest absolute Gasteiger partial charge is 0.335 e.